The Morgan fingerprint density at radius 3 is 2.88 bits per heavy atom. The molecule has 5 heteroatoms. The first-order valence-electron chi connectivity index (χ1n) is 6.12. The number of likely N-dealkylation sites (tertiary alicyclic amines) is 1. The summed E-state index contributed by atoms with van der Waals surface area (Å²) in [6, 6.07) is 0. The van der Waals surface area contributed by atoms with Gasteiger partial charge in [-0.15, -0.1) is 0 Å². The van der Waals surface area contributed by atoms with Gasteiger partial charge in [0.05, 0.1) is 5.71 Å². The summed E-state index contributed by atoms with van der Waals surface area (Å²) in [6.07, 6.45) is 1.63. The third kappa shape index (κ3) is 3.11. The monoisotopic (exact) mass is 240 g/mol. The SMILES string of the molecule is CC(C)(C)OC(=O)N1CCC(C2=NOCC2)C1. The number of carbonyl (C=O) groups excluding carboxylic acids is 1. The summed E-state index contributed by atoms with van der Waals surface area (Å²) in [5, 5.41) is 4.02. The van der Waals surface area contributed by atoms with Gasteiger partial charge in [-0.05, 0) is 27.2 Å². The Morgan fingerprint density at radius 1 is 1.53 bits per heavy atom. The standard InChI is InChI=1S/C12H20N2O3/c1-12(2,3)17-11(15)14-6-4-9(8-14)10-5-7-16-13-10/h9H,4-8H2,1-3H3. The molecule has 0 aliphatic carbocycles. The van der Waals surface area contributed by atoms with Crippen molar-refractivity contribution < 1.29 is 14.4 Å². The molecule has 1 unspecified atom stereocenters. The molecule has 2 aliphatic heterocycles. The van der Waals surface area contributed by atoms with Gasteiger partial charge in [-0.25, -0.2) is 4.79 Å². The maximum atomic E-state index is 11.9. The second kappa shape index (κ2) is 4.55. The van der Waals surface area contributed by atoms with Gasteiger partial charge in [-0.3, -0.25) is 0 Å². The van der Waals surface area contributed by atoms with Gasteiger partial charge < -0.3 is 14.5 Å². The van der Waals surface area contributed by atoms with Crippen LogP contribution in [0, 0.1) is 5.92 Å². The highest BCUT2D eigenvalue weighted by Crippen LogP contribution is 2.23. The molecular weight excluding hydrogens is 220 g/mol. The summed E-state index contributed by atoms with van der Waals surface area (Å²) in [5.41, 5.74) is 0.666. The van der Waals surface area contributed by atoms with E-state index in [1.807, 2.05) is 20.8 Å². The molecule has 1 fully saturated rings. The number of nitrogens with zero attached hydrogens (tertiary/aromatic N) is 2. The fourth-order valence-corrected chi connectivity index (χ4v) is 2.13. The van der Waals surface area contributed by atoms with Crippen molar-refractivity contribution in [2.75, 3.05) is 19.7 Å². The Labute approximate surface area is 102 Å². The highest BCUT2D eigenvalue weighted by Gasteiger charge is 2.33. The minimum absolute atomic E-state index is 0.223. The Morgan fingerprint density at radius 2 is 2.29 bits per heavy atom. The summed E-state index contributed by atoms with van der Waals surface area (Å²) in [5.74, 6) is 0.352. The van der Waals surface area contributed by atoms with E-state index < -0.39 is 5.60 Å². The van der Waals surface area contributed by atoms with Crippen molar-refractivity contribution in [1.29, 1.82) is 0 Å². The van der Waals surface area contributed by atoms with Crippen molar-refractivity contribution in [3.05, 3.63) is 0 Å². The molecule has 1 amide bonds. The van der Waals surface area contributed by atoms with Crippen LogP contribution in [0.25, 0.3) is 0 Å². The molecule has 0 aromatic rings. The highest BCUT2D eigenvalue weighted by molar-refractivity contribution is 5.88. The lowest BCUT2D eigenvalue weighted by Crippen LogP contribution is -2.35. The van der Waals surface area contributed by atoms with Gasteiger partial charge in [0.15, 0.2) is 0 Å². The highest BCUT2D eigenvalue weighted by atomic mass is 16.6. The van der Waals surface area contributed by atoms with E-state index in [-0.39, 0.29) is 6.09 Å². The van der Waals surface area contributed by atoms with Gasteiger partial charge in [0.2, 0.25) is 0 Å². The number of rotatable bonds is 1. The van der Waals surface area contributed by atoms with Crippen LogP contribution in [0.3, 0.4) is 0 Å². The lowest BCUT2D eigenvalue weighted by Gasteiger charge is -2.24. The molecule has 17 heavy (non-hydrogen) atoms. The molecule has 0 N–H and O–H groups in total. The Hall–Kier alpha value is -1.26. The summed E-state index contributed by atoms with van der Waals surface area (Å²) < 4.78 is 5.35. The Bertz CT molecular complexity index is 333. The summed E-state index contributed by atoms with van der Waals surface area (Å²) in [4.78, 5) is 18.6. The molecule has 0 aromatic carbocycles. The maximum Gasteiger partial charge on any atom is 0.410 e. The summed E-state index contributed by atoms with van der Waals surface area (Å²) in [7, 11) is 0. The zero-order valence-corrected chi connectivity index (χ0v) is 10.7. The maximum absolute atomic E-state index is 11.9. The fraction of sp³-hybridized carbons (Fsp3) is 0.833. The van der Waals surface area contributed by atoms with Crippen LogP contribution in [0.5, 0.6) is 0 Å². The van der Waals surface area contributed by atoms with E-state index in [0.717, 1.165) is 25.1 Å². The van der Waals surface area contributed by atoms with Crippen LogP contribution < -0.4 is 0 Å². The van der Waals surface area contributed by atoms with Crippen molar-refractivity contribution in [3.63, 3.8) is 0 Å². The molecule has 0 aromatic heterocycles. The molecule has 2 rings (SSSR count). The third-order valence-corrected chi connectivity index (χ3v) is 2.94. The van der Waals surface area contributed by atoms with Crippen LogP contribution in [0.4, 0.5) is 4.79 Å². The molecule has 0 radical (unpaired) electrons. The van der Waals surface area contributed by atoms with Gasteiger partial charge in [0.1, 0.15) is 12.2 Å². The predicted molar refractivity (Wildman–Crippen MR) is 63.9 cm³/mol. The molecule has 0 spiro atoms. The third-order valence-electron chi connectivity index (χ3n) is 2.94. The Balaban J connectivity index is 1.87. The normalized spacial score (nSPS) is 24.5. The number of oxime groups is 1. The van der Waals surface area contributed by atoms with E-state index >= 15 is 0 Å². The van der Waals surface area contributed by atoms with Crippen LogP contribution >= 0.6 is 0 Å². The van der Waals surface area contributed by atoms with E-state index in [1.54, 1.807) is 4.90 Å². The molecule has 1 saturated heterocycles. The average Bonchev–Trinajstić information content (AvgIpc) is 2.86. The van der Waals surface area contributed by atoms with Crippen LogP contribution in [-0.4, -0.2) is 42.0 Å². The van der Waals surface area contributed by atoms with Crippen LogP contribution in [0.15, 0.2) is 5.16 Å². The van der Waals surface area contributed by atoms with Crippen LogP contribution in [-0.2, 0) is 9.57 Å². The smallest absolute Gasteiger partial charge is 0.410 e. The van der Waals surface area contributed by atoms with Gasteiger partial charge in [0, 0.05) is 25.4 Å². The second-order valence-electron chi connectivity index (χ2n) is 5.58. The van der Waals surface area contributed by atoms with Crippen LogP contribution in [0.2, 0.25) is 0 Å². The molecule has 5 nitrogen and oxygen atoms in total. The van der Waals surface area contributed by atoms with Crippen molar-refractivity contribution in [1.82, 2.24) is 4.90 Å². The molecule has 2 aliphatic rings. The molecule has 0 saturated carbocycles. The van der Waals surface area contributed by atoms with Crippen molar-refractivity contribution >= 4 is 11.8 Å². The van der Waals surface area contributed by atoms with Crippen LogP contribution in [0.1, 0.15) is 33.6 Å². The van der Waals surface area contributed by atoms with Gasteiger partial charge >= 0.3 is 6.09 Å². The van der Waals surface area contributed by atoms with E-state index in [0.29, 0.717) is 19.1 Å². The quantitative estimate of drug-likeness (QED) is 0.704. The minimum Gasteiger partial charge on any atom is -0.444 e. The minimum atomic E-state index is -0.427. The van der Waals surface area contributed by atoms with Gasteiger partial charge in [-0.1, -0.05) is 5.16 Å². The molecule has 1 atom stereocenters. The van der Waals surface area contributed by atoms with Crippen molar-refractivity contribution in [3.8, 4) is 0 Å². The first kappa shape index (κ1) is 12.2. The first-order valence-corrected chi connectivity index (χ1v) is 6.12. The topological polar surface area (TPSA) is 51.1 Å². The average molecular weight is 240 g/mol. The number of ether oxygens (including phenoxy) is 1. The Kier molecular flexibility index (Phi) is 3.26. The lowest BCUT2D eigenvalue weighted by molar-refractivity contribution is 0.0292. The molecular formula is C12H20N2O3. The number of hydrogen-bond donors (Lipinski definition) is 0. The van der Waals surface area contributed by atoms with E-state index in [1.165, 1.54) is 0 Å². The van der Waals surface area contributed by atoms with Crippen molar-refractivity contribution in [2.45, 2.75) is 39.2 Å². The molecule has 96 valence electrons. The molecule has 2 heterocycles. The van der Waals surface area contributed by atoms with E-state index in [2.05, 4.69) is 5.16 Å². The fourth-order valence-electron chi connectivity index (χ4n) is 2.13. The summed E-state index contributed by atoms with van der Waals surface area (Å²) in [6.45, 7) is 7.78. The first-order chi connectivity index (χ1) is 7.96. The second-order valence-corrected chi connectivity index (χ2v) is 5.58. The molecule has 0 bridgehead atoms. The van der Waals surface area contributed by atoms with E-state index in [4.69, 9.17) is 9.57 Å². The summed E-state index contributed by atoms with van der Waals surface area (Å²) >= 11 is 0. The van der Waals surface area contributed by atoms with Gasteiger partial charge in [0.25, 0.3) is 0 Å². The lowest BCUT2D eigenvalue weighted by atomic mass is 10.0. The number of hydrogen-bond acceptors (Lipinski definition) is 4. The zero-order chi connectivity index (χ0) is 12.5. The van der Waals surface area contributed by atoms with E-state index in [9.17, 15) is 4.79 Å². The zero-order valence-electron chi connectivity index (χ0n) is 10.7. The van der Waals surface area contributed by atoms with Gasteiger partial charge in [-0.2, -0.15) is 0 Å². The van der Waals surface area contributed by atoms with Crippen molar-refractivity contribution in [2.24, 2.45) is 11.1 Å². The number of amides is 1. The largest absolute Gasteiger partial charge is 0.444 e. The predicted octanol–water partition coefficient (Wildman–Crippen LogP) is 2.02. The number of carbonyl (C=O) groups is 1.